The first-order chi connectivity index (χ1) is 12.4. The number of alkyl halides is 3. The maximum atomic E-state index is 12.6. The van der Waals surface area contributed by atoms with Gasteiger partial charge in [-0.3, -0.25) is 14.7 Å². The lowest BCUT2D eigenvalue weighted by Gasteiger charge is -2.34. The second-order valence-electron chi connectivity index (χ2n) is 6.35. The van der Waals surface area contributed by atoms with Crippen LogP contribution in [-0.2, 0) is 23.9 Å². The van der Waals surface area contributed by atoms with E-state index in [4.69, 9.17) is 0 Å². The van der Waals surface area contributed by atoms with E-state index >= 15 is 0 Å². The highest BCUT2D eigenvalue weighted by Gasteiger charge is 2.30. The molecular formula is C19H20F3N3O. The zero-order valence-corrected chi connectivity index (χ0v) is 14.2. The van der Waals surface area contributed by atoms with Crippen molar-refractivity contribution in [2.24, 2.45) is 0 Å². The van der Waals surface area contributed by atoms with Crippen LogP contribution in [0.25, 0.3) is 0 Å². The summed E-state index contributed by atoms with van der Waals surface area (Å²) in [6.45, 7) is 3.50. The Morgan fingerprint density at radius 2 is 1.69 bits per heavy atom. The summed E-state index contributed by atoms with van der Waals surface area (Å²) in [7, 11) is 0. The summed E-state index contributed by atoms with van der Waals surface area (Å²) in [6, 6.07) is 10.6. The molecule has 7 heteroatoms. The minimum atomic E-state index is -4.35. The topological polar surface area (TPSA) is 36.4 Å². The van der Waals surface area contributed by atoms with E-state index in [1.165, 1.54) is 12.1 Å². The van der Waals surface area contributed by atoms with Gasteiger partial charge in [0.15, 0.2) is 0 Å². The first-order valence-corrected chi connectivity index (χ1v) is 8.48. The molecule has 1 saturated heterocycles. The molecule has 1 amide bonds. The number of amides is 1. The molecule has 0 saturated carbocycles. The Morgan fingerprint density at radius 3 is 2.27 bits per heavy atom. The third kappa shape index (κ3) is 4.82. The smallest absolute Gasteiger partial charge is 0.340 e. The van der Waals surface area contributed by atoms with Crippen molar-refractivity contribution in [2.45, 2.75) is 19.1 Å². The number of hydrogen-bond acceptors (Lipinski definition) is 3. The van der Waals surface area contributed by atoms with Crippen molar-refractivity contribution >= 4 is 5.91 Å². The molecule has 0 aliphatic carbocycles. The number of nitrogens with zero attached hydrogens (tertiary/aromatic N) is 3. The molecule has 1 aliphatic heterocycles. The number of aromatic nitrogens is 1. The van der Waals surface area contributed by atoms with E-state index in [-0.39, 0.29) is 12.3 Å². The Balaban J connectivity index is 1.49. The van der Waals surface area contributed by atoms with Gasteiger partial charge in [0.05, 0.1) is 17.7 Å². The maximum absolute atomic E-state index is 12.6. The average molecular weight is 363 g/mol. The van der Waals surface area contributed by atoms with Crippen LogP contribution in [0.5, 0.6) is 0 Å². The molecule has 2 aromatic rings. The van der Waals surface area contributed by atoms with E-state index in [9.17, 15) is 18.0 Å². The molecule has 0 N–H and O–H groups in total. The molecule has 0 unspecified atom stereocenters. The molecule has 4 nitrogen and oxygen atoms in total. The number of carbonyl (C=O) groups excluding carboxylic acids is 1. The molecule has 1 aromatic carbocycles. The molecular weight excluding hydrogens is 343 g/mol. The standard InChI is InChI=1S/C19H20F3N3O/c20-19(21,22)16-6-4-15(5-7-16)13-18(26)25-11-9-24(10-12-25)14-17-3-1-2-8-23-17/h1-8H,9-14H2. The SMILES string of the molecule is O=C(Cc1ccc(C(F)(F)F)cc1)N1CCN(Cc2ccccn2)CC1. The summed E-state index contributed by atoms with van der Waals surface area (Å²) < 4.78 is 37.7. The Hall–Kier alpha value is -2.41. The van der Waals surface area contributed by atoms with Gasteiger partial charge < -0.3 is 4.90 Å². The van der Waals surface area contributed by atoms with Crippen LogP contribution in [0.4, 0.5) is 13.2 Å². The molecule has 0 spiro atoms. The van der Waals surface area contributed by atoms with Crippen molar-refractivity contribution in [3.8, 4) is 0 Å². The van der Waals surface area contributed by atoms with Crippen LogP contribution >= 0.6 is 0 Å². The van der Waals surface area contributed by atoms with Crippen LogP contribution in [-0.4, -0.2) is 46.9 Å². The van der Waals surface area contributed by atoms with Gasteiger partial charge in [-0.2, -0.15) is 13.2 Å². The molecule has 26 heavy (non-hydrogen) atoms. The van der Waals surface area contributed by atoms with Crippen molar-refractivity contribution in [3.63, 3.8) is 0 Å². The van der Waals surface area contributed by atoms with Crippen LogP contribution in [0.2, 0.25) is 0 Å². The van der Waals surface area contributed by atoms with Crippen molar-refractivity contribution < 1.29 is 18.0 Å². The molecule has 0 radical (unpaired) electrons. The van der Waals surface area contributed by atoms with E-state index < -0.39 is 11.7 Å². The minimum absolute atomic E-state index is 0.0535. The van der Waals surface area contributed by atoms with Gasteiger partial charge in [-0.15, -0.1) is 0 Å². The second kappa shape index (κ2) is 7.86. The third-order valence-electron chi connectivity index (χ3n) is 4.47. The van der Waals surface area contributed by atoms with Crippen molar-refractivity contribution in [1.29, 1.82) is 0 Å². The number of rotatable bonds is 4. The Morgan fingerprint density at radius 1 is 1.00 bits per heavy atom. The van der Waals surface area contributed by atoms with E-state index in [1.807, 2.05) is 18.2 Å². The van der Waals surface area contributed by atoms with Gasteiger partial charge in [0.2, 0.25) is 5.91 Å². The minimum Gasteiger partial charge on any atom is -0.340 e. The van der Waals surface area contributed by atoms with Gasteiger partial charge in [-0.05, 0) is 29.8 Å². The number of hydrogen-bond donors (Lipinski definition) is 0. The number of benzene rings is 1. The summed E-state index contributed by atoms with van der Waals surface area (Å²) >= 11 is 0. The second-order valence-corrected chi connectivity index (χ2v) is 6.35. The first kappa shape index (κ1) is 18.4. The summed E-state index contributed by atoms with van der Waals surface area (Å²) in [6.07, 6.45) is -2.47. The highest BCUT2D eigenvalue weighted by molar-refractivity contribution is 5.78. The lowest BCUT2D eigenvalue weighted by atomic mass is 10.1. The number of pyridine rings is 1. The lowest BCUT2D eigenvalue weighted by molar-refractivity contribution is -0.137. The van der Waals surface area contributed by atoms with Gasteiger partial charge in [0, 0.05) is 38.9 Å². The number of carbonyl (C=O) groups is 1. The number of halogens is 3. The summed E-state index contributed by atoms with van der Waals surface area (Å²) in [5.41, 5.74) is 0.896. The van der Waals surface area contributed by atoms with Crippen LogP contribution < -0.4 is 0 Å². The molecule has 1 aliphatic rings. The van der Waals surface area contributed by atoms with E-state index in [1.54, 1.807) is 11.1 Å². The zero-order valence-electron chi connectivity index (χ0n) is 14.2. The van der Waals surface area contributed by atoms with Crippen LogP contribution in [0.3, 0.4) is 0 Å². The highest BCUT2D eigenvalue weighted by atomic mass is 19.4. The molecule has 1 fully saturated rings. The van der Waals surface area contributed by atoms with Crippen molar-refractivity contribution in [1.82, 2.24) is 14.8 Å². The first-order valence-electron chi connectivity index (χ1n) is 8.48. The van der Waals surface area contributed by atoms with Crippen molar-refractivity contribution in [2.75, 3.05) is 26.2 Å². The Labute approximate surface area is 150 Å². The van der Waals surface area contributed by atoms with Crippen LogP contribution in [0.1, 0.15) is 16.8 Å². The van der Waals surface area contributed by atoms with E-state index in [0.29, 0.717) is 18.7 Å². The van der Waals surface area contributed by atoms with Gasteiger partial charge in [0.25, 0.3) is 0 Å². The van der Waals surface area contributed by atoms with Gasteiger partial charge in [-0.25, -0.2) is 0 Å². The van der Waals surface area contributed by atoms with Gasteiger partial charge in [-0.1, -0.05) is 18.2 Å². The fraction of sp³-hybridized carbons (Fsp3) is 0.368. The fourth-order valence-electron chi connectivity index (χ4n) is 2.97. The fourth-order valence-corrected chi connectivity index (χ4v) is 2.97. The average Bonchev–Trinajstić information content (AvgIpc) is 2.63. The monoisotopic (exact) mass is 363 g/mol. The molecule has 1 aromatic heterocycles. The molecule has 2 heterocycles. The summed E-state index contributed by atoms with van der Waals surface area (Å²) in [5, 5.41) is 0. The van der Waals surface area contributed by atoms with E-state index in [2.05, 4.69) is 9.88 Å². The van der Waals surface area contributed by atoms with Crippen molar-refractivity contribution in [3.05, 3.63) is 65.5 Å². The molecule has 138 valence electrons. The third-order valence-corrected chi connectivity index (χ3v) is 4.47. The summed E-state index contributed by atoms with van der Waals surface area (Å²) in [4.78, 5) is 20.7. The predicted octanol–water partition coefficient (Wildman–Crippen LogP) is 2.99. The van der Waals surface area contributed by atoms with Crippen LogP contribution in [0, 0.1) is 0 Å². The molecule has 3 rings (SSSR count). The normalized spacial score (nSPS) is 15.9. The van der Waals surface area contributed by atoms with E-state index in [0.717, 1.165) is 37.5 Å². The maximum Gasteiger partial charge on any atom is 0.416 e. The molecule has 0 atom stereocenters. The Kier molecular flexibility index (Phi) is 5.56. The highest BCUT2D eigenvalue weighted by Crippen LogP contribution is 2.29. The largest absolute Gasteiger partial charge is 0.416 e. The molecule has 0 bridgehead atoms. The van der Waals surface area contributed by atoms with Crippen LogP contribution in [0.15, 0.2) is 48.7 Å². The lowest BCUT2D eigenvalue weighted by Crippen LogP contribution is -2.48. The quantitative estimate of drug-likeness (QED) is 0.838. The predicted molar refractivity (Wildman–Crippen MR) is 91.2 cm³/mol. The van der Waals surface area contributed by atoms with Gasteiger partial charge in [0.1, 0.15) is 0 Å². The summed E-state index contributed by atoms with van der Waals surface area (Å²) in [5.74, 6) is -0.0535. The zero-order chi connectivity index (χ0) is 18.6. The number of piperazine rings is 1. The van der Waals surface area contributed by atoms with Gasteiger partial charge >= 0.3 is 6.18 Å². The Bertz CT molecular complexity index is 724.